The summed E-state index contributed by atoms with van der Waals surface area (Å²) >= 11 is 0. The average Bonchev–Trinajstić information content (AvgIpc) is 2.83. The standard InChI is InChI=1S/C14H22N2O5S/c1-4-22(18,19)16-7-5-12(6-8-16)14(17)20-9-13-10(2)15-21-11(13)3/h12H,4-9H2,1-3H3. The second kappa shape index (κ2) is 6.78. The van der Waals surface area contributed by atoms with Crippen LogP contribution in [0.2, 0.25) is 0 Å². The molecular weight excluding hydrogens is 308 g/mol. The summed E-state index contributed by atoms with van der Waals surface area (Å²) in [5.74, 6) is 0.209. The number of rotatable bonds is 5. The minimum absolute atomic E-state index is 0.0914. The predicted molar refractivity (Wildman–Crippen MR) is 79.5 cm³/mol. The Morgan fingerprint density at radius 3 is 2.50 bits per heavy atom. The molecule has 0 bridgehead atoms. The summed E-state index contributed by atoms with van der Waals surface area (Å²) in [5, 5.41) is 3.81. The molecule has 7 nitrogen and oxygen atoms in total. The maximum Gasteiger partial charge on any atom is 0.309 e. The Kier molecular flexibility index (Phi) is 5.23. The van der Waals surface area contributed by atoms with E-state index in [1.165, 1.54) is 4.31 Å². The summed E-state index contributed by atoms with van der Waals surface area (Å²) in [7, 11) is -3.17. The van der Waals surface area contributed by atoms with Crippen LogP contribution in [0.25, 0.3) is 0 Å². The summed E-state index contributed by atoms with van der Waals surface area (Å²) in [5.41, 5.74) is 1.51. The number of nitrogens with zero attached hydrogens (tertiary/aromatic N) is 2. The van der Waals surface area contributed by atoms with E-state index >= 15 is 0 Å². The van der Waals surface area contributed by atoms with Gasteiger partial charge in [0.1, 0.15) is 12.4 Å². The highest BCUT2D eigenvalue weighted by Crippen LogP contribution is 2.22. The number of sulfonamides is 1. The van der Waals surface area contributed by atoms with Gasteiger partial charge in [0.2, 0.25) is 10.0 Å². The van der Waals surface area contributed by atoms with Crippen molar-refractivity contribution >= 4 is 16.0 Å². The van der Waals surface area contributed by atoms with Crippen LogP contribution in [-0.4, -0.2) is 42.7 Å². The Hall–Kier alpha value is -1.41. The van der Waals surface area contributed by atoms with E-state index in [1.807, 2.05) is 0 Å². The normalized spacial score (nSPS) is 17.6. The van der Waals surface area contributed by atoms with Crippen LogP contribution in [0.1, 0.15) is 36.8 Å². The van der Waals surface area contributed by atoms with Crippen molar-refractivity contribution in [1.29, 1.82) is 0 Å². The van der Waals surface area contributed by atoms with Gasteiger partial charge in [0.05, 0.1) is 22.9 Å². The lowest BCUT2D eigenvalue weighted by molar-refractivity contribution is -0.151. The van der Waals surface area contributed by atoms with E-state index in [9.17, 15) is 13.2 Å². The Labute approximate surface area is 130 Å². The van der Waals surface area contributed by atoms with E-state index in [0.717, 1.165) is 5.56 Å². The summed E-state index contributed by atoms with van der Waals surface area (Å²) in [6, 6.07) is 0. The van der Waals surface area contributed by atoms with E-state index in [4.69, 9.17) is 9.26 Å². The van der Waals surface area contributed by atoms with E-state index in [0.29, 0.717) is 37.4 Å². The minimum Gasteiger partial charge on any atom is -0.460 e. The largest absolute Gasteiger partial charge is 0.460 e. The van der Waals surface area contributed by atoms with Crippen LogP contribution in [0, 0.1) is 19.8 Å². The molecule has 1 fully saturated rings. The number of ether oxygens (including phenoxy) is 1. The number of hydrogen-bond donors (Lipinski definition) is 0. The maximum atomic E-state index is 12.1. The van der Waals surface area contributed by atoms with Gasteiger partial charge in [0.15, 0.2) is 0 Å². The molecule has 1 aliphatic heterocycles. The fraction of sp³-hybridized carbons (Fsp3) is 0.714. The number of carbonyl (C=O) groups excluding carboxylic acids is 1. The molecule has 22 heavy (non-hydrogen) atoms. The molecular formula is C14H22N2O5S. The zero-order chi connectivity index (χ0) is 16.3. The van der Waals surface area contributed by atoms with Gasteiger partial charge in [-0.05, 0) is 33.6 Å². The Bertz CT molecular complexity index is 610. The van der Waals surface area contributed by atoms with Gasteiger partial charge >= 0.3 is 5.97 Å². The summed E-state index contributed by atoms with van der Waals surface area (Å²) < 4.78 is 35.4. The molecule has 0 aromatic carbocycles. The number of aryl methyl sites for hydroxylation is 2. The van der Waals surface area contributed by atoms with Crippen LogP contribution in [0.15, 0.2) is 4.52 Å². The lowest BCUT2D eigenvalue weighted by Gasteiger charge is -2.29. The van der Waals surface area contributed by atoms with Crippen LogP contribution in [0.3, 0.4) is 0 Å². The molecule has 2 rings (SSSR count). The first-order valence-corrected chi connectivity index (χ1v) is 9.02. The molecule has 0 unspecified atom stereocenters. The molecule has 0 N–H and O–H groups in total. The van der Waals surface area contributed by atoms with Crippen molar-refractivity contribution in [3.8, 4) is 0 Å². The van der Waals surface area contributed by atoms with Gasteiger partial charge in [-0.3, -0.25) is 4.79 Å². The summed E-state index contributed by atoms with van der Waals surface area (Å²) in [4.78, 5) is 12.1. The first-order valence-electron chi connectivity index (χ1n) is 7.41. The molecule has 124 valence electrons. The second-order valence-electron chi connectivity index (χ2n) is 5.48. The quantitative estimate of drug-likeness (QED) is 0.758. The highest BCUT2D eigenvalue weighted by atomic mass is 32.2. The van der Waals surface area contributed by atoms with Gasteiger partial charge in [0, 0.05) is 13.1 Å². The third-order valence-electron chi connectivity index (χ3n) is 4.09. The molecule has 0 radical (unpaired) electrons. The van der Waals surface area contributed by atoms with Gasteiger partial charge in [0.25, 0.3) is 0 Å². The molecule has 1 aromatic heterocycles. The lowest BCUT2D eigenvalue weighted by Crippen LogP contribution is -2.41. The van der Waals surface area contributed by atoms with E-state index < -0.39 is 10.0 Å². The SMILES string of the molecule is CCS(=O)(=O)N1CCC(C(=O)OCc2c(C)noc2C)CC1. The molecule has 0 saturated carbocycles. The topological polar surface area (TPSA) is 89.7 Å². The molecule has 0 spiro atoms. The molecule has 1 aromatic rings. The van der Waals surface area contributed by atoms with E-state index in [1.54, 1.807) is 20.8 Å². The number of esters is 1. The Morgan fingerprint density at radius 1 is 1.36 bits per heavy atom. The van der Waals surface area contributed by atoms with Crippen molar-refractivity contribution in [2.24, 2.45) is 5.92 Å². The van der Waals surface area contributed by atoms with Crippen molar-refractivity contribution in [1.82, 2.24) is 9.46 Å². The van der Waals surface area contributed by atoms with Gasteiger partial charge < -0.3 is 9.26 Å². The number of aromatic nitrogens is 1. The van der Waals surface area contributed by atoms with Crippen LogP contribution < -0.4 is 0 Å². The van der Waals surface area contributed by atoms with Crippen molar-refractivity contribution in [2.45, 2.75) is 40.2 Å². The Balaban J connectivity index is 1.86. The molecule has 8 heteroatoms. The highest BCUT2D eigenvalue weighted by molar-refractivity contribution is 7.89. The van der Waals surface area contributed by atoms with Crippen molar-refractivity contribution in [2.75, 3.05) is 18.8 Å². The van der Waals surface area contributed by atoms with Crippen LogP contribution in [-0.2, 0) is 26.2 Å². The molecule has 1 saturated heterocycles. The smallest absolute Gasteiger partial charge is 0.309 e. The van der Waals surface area contributed by atoms with Crippen molar-refractivity contribution in [3.63, 3.8) is 0 Å². The lowest BCUT2D eigenvalue weighted by atomic mass is 9.98. The molecule has 0 aliphatic carbocycles. The minimum atomic E-state index is -3.17. The Morgan fingerprint density at radius 2 is 2.00 bits per heavy atom. The number of hydrogen-bond acceptors (Lipinski definition) is 6. The number of carbonyl (C=O) groups is 1. The fourth-order valence-corrected chi connectivity index (χ4v) is 3.65. The van der Waals surface area contributed by atoms with Crippen molar-refractivity contribution in [3.05, 3.63) is 17.0 Å². The second-order valence-corrected chi connectivity index (χ2v) is 7.74. The first kappa shape index (κ1) is 17.0. The number of piperidine rings is 1. The molecule has 0 amide bonds. The van der Waals surface area contributed by atoms with Crippen LogP contribution in [0.4, 0.5) is 0 Å². The summed E-state index contributed by atoms with van der Waals surface area (Å²) in [6.45, 7) is 6.10. The van der Waals surface area contributed by atoms with Crippen LogP contribution in [0.5, 0.6) is 0 Å². The van der Waals surface area contributed by atoms with Gasteiger partial charge in [-0.15, -0.1) is 0 Å². The third-order valence-corrected chi connectivity index (χ3v) is 5.97. The molecule has 1 aliphatic rings. The third kappa shape index (κ3) is 3.67. The zero-order valence-corrected chi connectivity index (χ0v) is 14.0. The van der Waals surface area contributed by atoms with Gasteiger partial charge in [-0.2, -0.15) is 0 Å². The fourth-order valence-electron chi connectivity index (χ4n) is 2.52. The monoisotopic (exact) mass is 330 g/mol. The van der Waals surface area contributed by atoms with E-state index in [2.05, 4.69) is 5.16 Å². The van der Waals surface area contributed by atoms with Crippen LogP contribution >= 0.6 is 0 Å². The summed E-state index contributed by atoms with van der Waals surface area (Å²) in [6.07, 6.45) is 0.999. The van der Waals surface area contributed by atoms with E-state index in [-0.39, 0.29) is 24.2 Å². The zero-order valence-electron chi connectivity index (χ0n) is 13.2. The van der Waals surface area contributed by atoms with Gasteiger partial charge in [-0.1, -0.05) is 5.16 Å². The van der Waals surface area contributed by atoms with Gasteiger partial charge in [-0.25, -0.2) is 12.7 Å². The maximum absolute atomic E-state index is 12.1. The average molecular weight is 330 g/mol. The molecule has 2 heterocycles. The molecule has 0 atom stereocenters. The highest BCUT2D eigenvalue weighted by Gasteiger charge is 2.31. The first-order chi connectivity index (χ1) is 10.3. The van der Waals surface area contributed by atoms with Crippen molar-refractivity contribution < 1.29 is 22.5 Å². The predicted octanol–water partition coefficient (Wildman–Crippen LogP) is 1.40.